The molecule has 1 fully saturated rings. The number of hydrogen-bond acceptors (Lipinski definition) is 4. The smallest absolute Gasteiger partial charge is 0.0926 e. The molecule has 3 aromatic rings. The van der Waals surface area contributed by atoms with Crippen molar-refractivity contribution in [2.75, 3.05) is 43.9 Å². The highest BCUT2D eigenvalue weighted by Crippen LogP contribution is 2.35. The molecule has 4 rings (SSSR count). The first kappa shape index (κ1) is 15.7. The molecular weight excluding hydrogens is 310 g/mol. The van der Waals surface area contributed by atoms with Crippen LogP contribution >= 0.6 is 0 Å². The molecule has 0 bridgehead atoms. The van der Waals surface area contributed by atoms with E-state index in [0.717, 1.165) is 48.7 Å². The SMILES string of the molecule is CN1CCN(c2ccc(-c3cc[nH]n3)c(-c3ccc(N)cc3)c2)CC1. The van der Waals surface area contributed by atoms with E-state index >= 15 is 0 Å². The van der Waals surface area contributed by atoms with E-state index in [1.165, 1.54) is 11.3 Å². The molecule has 25 heavy (non-hydrogen) atoms. The Bertz CT molecular complexity index is 831. The standard InChI is InChI=1S/C20H23N5/c1-24-10-12-25(13-11-24)17-6-7-18(20-8-9-22-23-20)19(14-17)15-2-4-16(21)5-3-15/h2-9,14H,10-13,21H2,1H3,(H,22,23). The largest absolute Gasteiger partial charge is 0.399 e. The lowest BCUT2D eigenvalue weighted by molar-refractivity contribution is 0.313. The van der Waals surface area contributed by atoms with Crippen LogP contribution in [0.5, 0.6) is 0 Å². The molecule has 1 aliphatic rings. The molecule has 1 aromatic heterocycles. The molecule has 5 nitrogen and oxygen atoms in total. The van der Waals surface area contributed by atoms with Gasteiger partial charge in [0.05, 0.1) is 5.69 Å². The van der Waals surface area contributed by atoms with Crippen LogP contribution < -0.4 is 10.6 Å². The molecule has 0 spiro atoms. The number of nitrogens with one attached hydrogen (secondary N) is 1. The Morgan fingerprint density at radius 2 is 1.68 bits per heavy atom. The van der Waals surface area contributed by atoms with Crippen molar-refractivity contribution in [3.63, 3.8) is 0 Å². The third-order valence-electron chi connectivity index (χ3n) is 4.87. The van der Waals surface area contributed by atoms with Crippen LogP contribution in [-0.2, 0) is 0 Å². The van der Waals surface area contributed by atoms with E-state index < -0.39 is 0 Å². The van der Waals surface area contributed by atoms with Crippen LogP contribution in [0.1, 0.15) is 0 Å². The predicted molar refractivity (Wildman–Crippen MR) is 104 cm³/mol. The van der Waals surface area contributed by atoms with Crippen molar-refractivity contribution >= 4 is 11.4 Å². The van der Waals surface area contributed by atoms with Crippen molar-refractivity contribution in [3.8, 4) is 22.4 Å². The summed E-state index contributed by atoms with van der Waals surface area (Å²) in [7, 11) is 2.18. The zero-order valence-corrected chi connectivity index (χ0v) is 14.4. The second-order valence-electron chi connectivity index (χ2n) is 6.60. The van der Waals surface area contributed by atoms with Crippen molar-refractivity contribution in [3.05, 3.63) is 54.7 Å². The van der Waals surface area contributed by atoms with Crippen molar-refractivity contribution < 1.29 is 0 Å². The summed E-state index contributed by atoms with van der Waals surface area (Å²) in [6.07, 6.45) is 1.86. The summed E-state index contributed by atoms with van der Waals surface area (Å²) in [6.45, 7) is 4.30. The average molecular weight is 333 g/mol. The molecular formula is C20H23N5. The molecule has 128 valence electrons. The maximum Gasteiger partial charge on any atom is 0.0926 e. The van der Waals surface area contributed by atoms with Crippen molar-refractivity contribution in [1.82, 2.24) is 15.1 Å². The molecule has 5 heteroatoms. The first-order valence-corrected chi connectivity index (χ1v) is 8.64. The van der Waals surface area contributed by atoms with Crippen LogP contribution in [-0.4, -0.2) is 48.3 Å². The lowest BCUT2D eigenvalue weighted by atomic mass is 9.96. The molecule has 3 N–H and O–H groups in total. The minimum Gasteiger partial charge on any atom is -0.399 e. The number of nitrogens with two attached hydrogens (primary N) is 1. The van der Waals surface area contributed by atoms with Gasteiger partial charge in [0.1, 0.15) is 0 Å². The van der Waals surface area contributed by atoms with Gasteiger partial charge < -0.3 is 15.5 Å². The summed E-state index contributed by atoms with van der Waals surface area (Å²) in [4.78, 5) is 4.82. The molecule has 1 aliphatic heterocycles. The summed E-state index contributed by atoms with van der Waals surface area (Å²) < 4.78 is 0. The molecule has 0 atom stereocenters. The van der Waals surface area contributed by atoms with Gasteiger partial charge in [-0.1, -0.05) is 18.2 Å². The summed E-state index contributed by atoms with van der Waals surface area (Å²) in [5.74, 6) is 0. The van der Waals surface area contributed by atoms with E-state index in [4.69, 9.17) is 5.73 Å². The van der Waals surface area contributed by atoms with Crippen molar-refractivity contribution in [2.24, 2.45) is 0 Å². The van der Waals surface area contributed by atoms with E-state index in [0.29, 0.717) is 0 Å². The first-order valence-electron chi connectivity index (χ1n) is 8.64. The second kappa shape index (κ2) is 6.61. The van der Waals surface area contributed by atoms with Gasteiger partial charge in [0.15, 0.2) is 0 Å². The third-order valence-corrected chi connectivity index (χ3v) is 4.87. The Kier molecular flexibility index (Phi) is 4.15. The third kappa shape index (κ3) is 3.23. The second-order valence-corrected chi connectivity index (χ2v) is 6.60. The zero-order chi connectivity index (χ0) is 17.2. The number of likely N-dealkylation sites (N-methyl/N-ethyl adjacent to an activating group) is 1. The van der Waals surface area contributed by atoms with E-state index in [9.17, 15) is 0 Å². The summed E-state index contributed by atoms with van der Waals surface area (Å²) in [5, 5.41) is 7.29. The summed E-state index contributed by atoms with van der Waals surface area (Å²) >= 11 is 0. The molecule has 0 amide bonds. The molecule has 2 aromatic carbocycles. The van der Waals surface area contributed by atoms with Gasteiger partial charge in [-0.15, -0.1) is 0 Å². The van der Waals surface area contributed by atoms with Crippen LogP contribution in [0.15, 0.2) is 54.7 Å². The summed E-state index contributed by atoms with van der Waals surface area (Å²) in [6, 6.07) is 16.7. The molecule has 0 radical (unpaired) electrons. The van der Waals surface area contributed by atoms with Crippen LogP contribution in [0, 0.1) is 0 Å². The van der Waals surface area contributed by atoms with Gasteiger partial charge in [-0.25, -0.2) is 0 Å². The minimum atomic E-state index is 0.778. The fraction of sp³-hybridized carbons (Fsp3) is 0.250. The van der Waals surface area contributed by atoms with Gasteiger partial charge in [-0.2, -0.15) is 5.10 Å². The topological polar surface area (TPSA) is 61.2 Å². The van der Waals surface area contributed by atoms with Crippen LogP contribution in [0.4, 0.5) is 11.4 Å². The fourth-order valence-electron chi connectivity index (χ4n) is 3.33. The van der Waals surface area contributed by atoms with Gasteiger partial charge in [0.25, 0.3) is 0 Å². The quantitative estimate of drug-likeness (QED) is 0.723. The Morgan fingerprint density at radius 3 is 2.36 bits per heavy atom. The number of aromatic nitrogens is 2. The minimum absolute atomic E-state index is 0.778. The van der Waals surface area contributed by atoms with Gasteiger partial charge in [-0.05, 0) is 48.5 Å². The summed E-state index contributed by atoms with van der Waals surface area (Å²) in [5.41, 5.74) is 12.3. The van der Waals surface area contributed by atoms with Gasteiger partial charge in [0, 0.05) is 49.3 Å². The Balaban J connectivity index is 1.77. The molecule has 0 saturated carbocycles. The Labute approximate surface area is 148 Å². The number of nitrogens with zero attached hydrogens (tertiary/aromatic N) is 3. The maximum atomic E-state index is 5.87. The van der Waals surface area contributed by atoms with E-state index in [1.54, 1.807) is 0 Å². The zero-order valence-electron chi connectivity index (χ0n) is 14.4. The van der Waals surface area contributed by atoms with Crippen molar-refractivity contribution in [1.29, 1.82) is 0 Å². The van der Waals surface area contributed by atoms with Crippen LogP contribution in [0.25, 0.3) is 22.4 Å². The lowest BCUT2D eigenvalue weighted by Crippen LogP contribution is -2.44. The van der Waals surface area contributed by atoms with E-state index in [2.05, 4.69) is 57.4 Å². The number of aromatic amines is 1. The van der Waals surface area contributed by atoms with E-state index in [-0.39, 0.29) is 0 Å². The fourth-order valence-corrected chi connectivity index (χ4v) is 3.33. The molecule has 1 saturated heterocycles. The number of rotatable bonds is 3. The highest BCUT2D eigenvalue weighted by molar-refractivity contribution is 5.85. The Hall–Kier alpha value is -2.79. The number of benzene rings is 2. The normalized spacial score (nSPS) is 15.5. The number of anilines is 2. The first-order chi connectivity index (χ1) is 12.2. The highest BCUT2D eigenvalue weighted by atomic mass is 15.2. The number of H-pyrrole nitrogens is 1. The number of hydrogen-bond donors (Lipinski definition) is 2. The highest BCUT2D eigenvalue weighted by Gasteiger charge is 2.17. The maximum absolute atomic E-state index is 5.87. The number of piperazine rings is 1. The van der Waals surface area contributed by atoms with E-state index in [1.807, 2.05) is 24.4 Å². The molecule has 0 unspecified atom stereocenters. The number of nitrogen functional groups attached to an aromatic ring is 1. The van der Waals surface area contributed by atoms with Crippen LogP contribution in [0.2, 0.25) is 0 Å². The predicted octanol–water partition coefficient (Wildman–Crippen LogP) is 3.08. The van der Waals surface area contributed by atoms with Gasteiger partial charge in [-0.3, -0.25) is 5.10 Å². The van der Waals surface area contributed by atoms with Gasteiger partial charge >= 0.3 is 0 Å². The lowest BCUT2D eigenvalue weighted by Gasteiger charge is -2.34. The van der Waals surface area contributed by atoms with Crippen molar-refractivity contribution in [2.45, 2.75) is 0 Å². The monoisotopic (exact) mass is 333 g/mol. The van der Waals surface area contributed by atoms with Crippen LogP contribution in [0.3, 0.4) is 0 Å². The molecule has 0 aliphatic carbocycles. The Morgan fingerprint density at radius 1 is 0.920 bits per heavy atom. The molecule has 2 heterocycles. The average Bonchev–Trinajstić information content (AvgIpc) is 3.17. The van der Waals surface area contributed by atoms with Gasteiger partial charge in [0.2, 0.25) is 0 Å².